The Morgan fingerprint density at radius 2 is 2.29 bits per heavy atom. The van der Waals surface area contributed by atoms with Crippen molar-refractivity contribution >= 4 is 17.2 Å². The van der Waals surface area contributed by atoms with Crippen molar-refractivity contribution < 1.29 is 4.74 Å². The summed E-state index contributed by atoms with van der Waals surface area (Å²) in [5, 5.41) is 6.32. The summed E-state index contributed by atoms with van der Waals surface area (Å²) in [4.78, 5) is 15.6. The molecule has 0 spiro atoms. The molecule has 1 aliphatic heterocycles. The van der Waals surface area contributed by atoms with Crippen LogP contribution in [0.3, 0.4) is 0 Å². The number of anilines is 1. The molecule has 1 fully saturated rings. The second-order valence-corrected chi connectivity index (χ2v) is 6.05. The normalized spacial score (nSPS) is 19.6. The second kappa shape index (κ2) is 6.46. The van der Waals surface area contributed by atoms with Crippen molar-refractivity contribution in [1.82, 2.24) is 19.9 Å². The van der Waals surface area contributed by atoms with Crippen molar-refractivity contribution in [2.75, 3.05) is 32.1 Å². The molecule has 7 heteroatoms. The minimum Gasteiger partial charge on any atom is -0.372 e. The van der Waals surface area contributed by atoms with E-state index in [1.807, 2.05) is 14.0 Å². The summed E-state index contributed by atoms with van der Waals surface area (Å²) in [6, 6.07) is 0. The van der Waals surface area contributed by atoms with Crippen LogP contribution in [0.25, 0.3) is 0 Å². The van der Waals surface area contributed by atoms with Crippen molar-refractivity contribution in [2.45, 2.75) is 19.6 Å². The molecule has 3 rings (SSSR count). The number of thiazole rings is 1. The zero-order valence-electron chi connectivity index (χ0n) is 12.2. The van der Waals surface area contributed by atoms with Crippen LogP contribution in [-0.2, 0) is 11.3 Å². The van der Waals surface area contributed by atoms with Gasteiger partial charge in [-0.1, -0.05) is 0 Å². The molecule has 2 aromatic rings. The number of ether oxygens (including phenoxy) is 1. The zero-order chi connectivity index (χ0) is 14.7. The van der Waals surface area contributed by atoms with Gasteiger partial charge in [-0.05, 0) is 6.92 Å². The molecule has 3 heterocycles. The highest BCUT2D eigenvalue weighted by atomic mass is 32.1. The molecular weight excluding hydrogens is 286 g/mol. The molecule has 1 saturated heterocycles. The van der Waals surface area contributed by atoms with Gasteiger partial charge in [0.05, 0.1) is 17.3 Å². The third kappa shape index (κ3) is 3.37. The fraction of sp³-hybridized carbons (Fsp3) is 0.500. The highest BCUT2D eigenvalue weighted by molar-refractivity contribution is 7.09. The number of nitrogens with one attached hydrogen (secondary N) is 1. The molecule has 21 heavy (non-hydrogen) atoms. The number of rotatable bonds is 4. The van der Waals surface area contributed by atoms with Crippen LogP contribution >= 0.6 is 11.3 Å². The first-order valence-electron chi connectivity index (χ1n) is 7.00. The molecule has 0 aromatic carbocycles. The number of nitrogens with zero attached hydrogens (tertiary/aromatic N) is 4. The molecule has 0 aliphatic carbocycles. The molecule has 0 unspecified atom stereocenters. The summed E-state index contributed by atoms with van der Waals surface area (Å²) >= 11 is 1.69. The number of morpholine rings is 1. The minimum absolute atomic E-state index is 0.0466. The van der Waals surface area contributed by atoms with Crippen LogP contribution in [0.2, 0.25) is 0 Å². The van der Waals surface area contributed by atoms with Crippen molar-refractivity contribution in [3.63, 3.8) is 0 Å². The first-order valence-corrected chi connectivity index (χ1v) is 7.88. The maximum Gasteiger partial charge on any atom is 0.150 e. The Balaban J connectivity index is 1.70. The van der Waals surface area contributed by atoms with Crippen molar-refractivity contribution in [3.8, 4) is 0 Å². The second-order valence-electron chi connectivity index (χ2n) is 4.99. The number of hydrogen-bond acceptors (Lipinski definition) is 7. The van der Waals surface area contributed by atoms with Crippen LogP contribution in [0.15, 0.2) is 17.8 Å². The third-order valence-electron chi connectivity index (χ3n) is 3.47. The Morgan fingerprint density at radius 1 is 1.43 bits per heavy atom. The molecule has 0 radical (unpaired) electrons. The van der Waals surface area contributed by atoms with Crippen molar-refractivity contribution in [3.05, 3.63) is 34.2 Å². The predicted molar refractivity (Wildman–Crippen MR) is 82.4 cm³/mol. The van der Waals surface area contributed by atoms with E-state index in [1.54, 1.807) is 23.7 Å². The van der Waals surface area contributed by atoms with Crippen LogP contribution in [0.5, 0.6) is 0 Å². The third-order valence-corrected chi connectivity index (χ3v) is 4.29. The van der Waals surface area contributed by atoms with E-state index in [4.69, 9.17) is 4.74 Å². The van der Waals surface area contributed by atoms with Crippen LogP contribution in [0, 0.1) is 6.92 Å². The zero-order valence-corrected chi connectivity index (χ0v) is 13.1. The predicted octanol–water partition coefficient (Wildman–Crippen LogP) is 1.86. The molecule has 0 saturated carbocycles. The largest absolute Gasteiger partial charge is 0.372 e. The molecule has 1 atom stereocenters. The lowest BCUT2D eigenvalue weighted by molar-refractivity contribution is -0.0350. The molecule has 2 aromatic heterocycles. The average Bonchev–Trinajstić information content (AvgIpc) is 2.92. The highest BCUT2D eigenvalue weighted by Crippen LogP contribution is 2.25. The maximum absolute atomic E-state index is 5.88. The number of hydrogen-bond donors (Lipinski definition) is 1. The van der Waals surface area contributed by atoms with E-state index in [9.17, 15) is 0 Å². The minimum atomic E-state index is -0.0466. The molecule has 0 amide bonds. The van der Waals surface area contributed by atoms with E-state index < -0.39 is 0 Å². The summed E-state index contributed by atoms with van der Waals surface area (Å²) in [5.41, 5.74) is 2.00. The standard InChI is InChI=1S/C14H19N5OS/c1-10-18-11(9-21-10)7-19-5-6-20-12(8-19)13-14(15-2)17-4-3-16-13/h3-4,9,12H,5-8H2,1-2H3,(H,15,17)/t12-/m0/s1. The lowest BCUT2D eigenvalue weighted by Gasteiger charge is -2.32. The lowest BCUT2D eigenvalue weighted by Crippen LogP contribution is -2.38. The molecule has 1 N–H and O–H groups in total. The first-order chi connectivity index (χ1) is 10.3. The van der Waals surface area contributed by atoms with Gasteiger partial charge in [0, 0.05) is 44.5 Å². The summed E-state index contributed by atoms with van der Waals surface area (Å²) in [7, 11) is 1.85. The van der Waals surface area contributed by atoms with E-state index >= 15 is 0 Å². The summed E-state index contributed by atoms with van der Waals surface area (Å²) in [6.07, 6.45) is 3.35. The fourth-order valence-electron chi connectivity index (χ4n) is 2.50. The topological polar surface area (TPSA) is 63.2 Å². The number of aromatic nitrogens is 3. The Bertz CT molecular complexity index is 603. The van der Waals surface area contributed by atoms with E-state index in [0.717, 1.165) is 41.8 Å². The van der Waals surface area contributed by atoms with Gasteiger partial charge >= 0.3 is 0 Å². The monoisotopic (exact) mass is 305 g/mol. The van der Waals surface area contributed by atoms with Crippen LogP contribution in [0.4, 0.5) is 5.82 Å². The first kappa shape index (κ1) is 14.4. The Hall–Kier alpha value is -1.57. The van der Waals surface area contributed by atoms with E-state index in [2.05, 4.69) is 30.5 Å². The van der Waals surface area contributed by atoms with Gasteiger partial charge in [0.25, 0.3) is 0 Å². The smallest absolute Gasteiger partial charge is 0.150 e. The average molecular weight is 305 g/mol. The van der Waals surface area contributed by atoms with Gasteiger partial charge in [0.15, 0.2) is 0 Å². The lowest BCUT2D eigenvalue weighted by atomic mass is 10.2. The summed E-state index contributed by atoms with van der Waals surface area (Å²) in [5.74, 6) is 0.786. The summed E-state index contributed by atoms with van der Waals surface area (Å²) in [6.45, 7) is 5.33. The Labute approximate surface area is 128 Å². The van der Waals surface area contributed by atoms with Crippen LogP contribution in [0.1, 0.15) is 22.5 Å². The molecule has 112 valence electrons. The van der Waals surface area contributed by atoms with Gasteiger partial charge in [0.1, 0.15) is 17.6 Å². The van der Waals surface area contributed by atoms with Gasteiger partial charge in [-0.2, -0.15) is 0 Å². The molecular formula is C14H19N5OS. The molecule has 0 bridgehead atoms. The molecule has 1 aliphatic rings. The van der Waals surface area contributed by atoms with Gasteiger partial charge in [-0.3, -0.25) is 9.88 Å². The van der Waals surface area contributed by atoms with Crippen molar-refractivity contribution in [1.29, 1.82) is 0 Å². The van der Waals surface area contributed by atoms with Gasteiger partial charge in [-0.15, -0.1) is 11.3 Å². The van der Waals surface area contributed by atoms with Gasteiger partial charge in [0.2, 0.25) is 0 Å². The highest BCUT2D eigenvalue weighted by Gasteiger charge is 2.25. The van der Waals surface area contributed by atoms with Crippen molar-refractivity contribution in [2.24, 2.45) is 0 Å². The summed E-state index contributed by atoms with van der Waals surface area (Å²) < 4.78 is 5.88. The van der Waals surface area contributed by atoms with Gasteiger partial charge < -0.3 is 10.1 Å². The van der Waals surface area contributed by atoms with Crippen LogP contribution < -0.4 is 5.32 Å². The van der Waals surface area contributed by atoms with E-state index in [-0.39, 0.29) is 6.10 Å². The Kier molecular flexibility index (Phi) is 4.42. The maximum atomic E-state index is 5.88. The quantitative estimate of drug-likeness (QED) is 0.930. The van der Waals surface area contributed by atoms with E-state index in [0.29, 0.717) is 6.61 Å². The van der Waals surface area contributed by atoms with Gasteiger partial charge in [-0.25, -0.2) is 9.97 Å². The molecule has 6 nitrogen and oxygen atoms in total. The van der Waals surface area contributed by atoms with Crippen LogP contribution in [-0.4, -0.2) is 46.6 Å². The number of aryl methyl sites for hydroxylation is 1. The van der Waals surface area contributed by atoms with E-state index in [1.165, 1.54) is 0 Å². The SMILES string of the molecule is CNc1nccnc1[C@@H]1CN(Cc2csc(C)n2)CCO1. The Morgan fingerprint density at radius 3 is 3.05 bits per heavy atom. The fourth-order valence-corrected chi connectivity index (χ4v) is 3.10.